The first-order valence-corrected chi connectivity index (χ1v) is 7.35. The predicted molar refractivity (Wildman–Crippen MR) is 86.4 cm³/mol. The molecule has 1 amide bonds. The molecule has 0 saturated carbocycles. The van der Waals surface area contributed by atoms with Crippen LogP contribution in [-0.4, -0.2) is 26.7 Å². The second kappa shape index (κ2) is 8.17. The van der Waals surface area contributed by atoms with Crippen LogP contribution < -0.4 is 14.8 Å². The van der Waals surface area contributed by atoms with Gasteiger partial charge in [-0.25, -0.2) is 4.39 Å². The van der Waals surface area contributed by atoms with E-state index in [4.69, 9.17) is 9.47 Å². The minimum absolute atomic E-state index is 0.0940. The van der Waals surface area contributed by atoms with E-state index in [-0.39, 0.29) is 18.1 Å². The van der Waals surface area contributed by atoms with E-state index in [1.54, 1.807) is 19.2 Å². The van der Waals surface area contributed by atoms with E-state index in [0.29, 0.717) is 18.7 Å². The lowest BCUT2D eigenvalue weighted by Crippen LogP contribution is -2.27. The zero-order chi connectivity index (χ0) is 16.7. The summed E-state index contributed by atoms with van der Waals surface area (Å²) in [6, 6.07) is 12.2. The van der Waals surface area contributed by atoms with Gasteiger partial charge in [-0.05, 0) is 30.2 Å². The topological polar surface area (TPSA) is 47.6 Å². The molecule has 2 aromatic rings. The van der Waals surface area contributed by atoms with Crippen LogP contribution in [0.25, 0.3) is 0 Å². The molecule has 0 aliphatic heterocycles. The Morgan fingerprint density at radius 2 is 1.83 bits per heavy atom. The van der Waals surface area contributed by atoms with Gasteiger partial charge in [0, 0.05) is 12.1 Å². The average Bonchev–Trinajstić information content (AvgIpc) is 2.55. The van der Waals surface area contributed by atoms with Crippen molar-refractivity contribution in [1.29, 1.82) is 0 Å². The van der Waals surface area contributed by atoms with E-state index in [0.717, 1.165) is 11.1 Å². The third-order valence-corrected chi connectivity index (χ3v) is 3.50. The highest BCUT2D eigenvalue weighted by Crippen LogP contribution is 2.18. The van der Waals surface area contributed by atoms with Crippen LogP contribution in [0.15, 0.2) is 42.5 Å². The monoisotopic (exact) mass is 317 g/mol. The fourth-order valence-corrected chi connectivity index (χ4v) is 2.30. The van der Waals surface area contributed by atoms with Gasteiger partial charge in [0.25, 0.3) is 0 Å². The molecule has 5 heteroatoms. The summed E-state index contributed by atoms with van der Waals surface area (Å²) in [5.41, 5.74) is 1.64. The molecule has 0 unspecified atom stereocenters. The van der Waals surface area contributed by atoms with Gasteiger partial charge in [0.15, 0.2) is 11.6 Å². The van der Waals surface area contributed by atoms with Crippen molar-refractivity contribution < 1.29 is 18.7 Å². The lowest BCUT2D eigenvalue weighted by molar-refractivity contribution is -0.120. The van der Waals surface area contributed by atoms with Crippen molar-refractivity contribution in [3.05, 3.63) is 59.4 Å². The molecule has 0 aliphatic rings. The number of amides is 1. The van der Waals surface area contributed by atoms with Gasteiger partial charge < -0.3 is 14.8 Å². The van der Waals surface area contributed by atoms with Gasteiger partial charge >= 0.3 is 0 Å². The van der Waals surface area contributed by atoms with Crippen molar-refractivity contribution in [2.75, 3.05) is 20.8 Å². The molecule has 0 spiro atoms. The summed E-state index contributed by atoms with van der Waals surface area (Å²) in [5.74, 6) is 0.419. The molecule has 0 bridgehead atoms. The van der Waals surface area contributed by atoms with E-state index in [9.17, 15) is 9.18 Å². The standard InChI is InChI=1S/C18H20FNO3/c1-22-16-6-4-3-5-14(16)12-18(21)20-10-9-13-7-8-17(23-2)15(19)11-13/h3-8,11H,9-10,12H2,1-2H3,(H,20,21). The van der Waals surface area contributed by atoms with Gasteiger partial charge in [0.2, 0.25) is 5.91 Å². The van der Waals surface area contributed by atoms with E-state index >= 15 is 0 Å². The zero-order valence-electron chi connectivity index (χ0n) is 13.3. The summed E-state index contributed by atoms with van der Waals surface area (Å²) in [6.45, 7) is 0.444. The van der Waals surface area contributed by atoms with Crippen LogP contribution >= 0.6 is 0 Å². The lowest BCUT2D eigenvalue weighted by Gasteiger charge is -2.09. The number of carbonyl (C=O) groups is 1. The second-order valence-electron chi connectivity index (χ2n) is 5.06. The molecule has 4 nitrogen and oxygen atoms in total. The Balaban J connectivity index is 1.84. The summed E-state index contributed by atoms with van der Waals surface area (Å²) >= 11 is 0. The van der Waals surface area contributed by atoms with Crippen LogP contribution in [0.4, 0.5) is 4.39 Å². The zero-order valence-corrected chi connectivity index (χ0v) is 13.3. The Bertz CT molecular complexity index is 673. The molecule has 0 radical (unpaired) electrons. The van der Waals surface area contributed by atoms with Crippen LogP contribution in [0, 0.1) is 5.82 Å². The number of ether oxygens (including phenoxy) is 2. The smallest absolute Gasteiger partial charge is 0.224 e. The molecule has 0 aliphatic carbocycles. The number of hydrogen-bond donors (Lipinski definition) is 1. The number of para-hydroxylation sites is 1. The number of halogens is 1. The van der Waals surface area contributed by atoms with Gasteiger partial charge in [-0.15, -0.1) is 0 Å². The number of rotatable bonds is 7. The molecule has 0 fully saturated rings. The molecular weight excluding hydrogens is 297 g/mol. The Labute approximate surface area is 135 Å². The Hall–Kier alpha value is -2.56. The molecule has 0 heterocycles. The SMILES string of the molecule is COc1ccc(CCNC(=O)Cc2ccccc2OC)cc1F. The van der Waals surface area contributed by atoms with Crippen molar-refractivity contribution in [1.82, 2.24) is 5.32 Å². The van der Waals surface area contributed by atoms with Crippen LogP contribution in [0.2, 0.25) is 0 Å². The summed E-state index contributed by atoms with van der Waals surface area (Å²) < 4.78 is 23.7. The average molecular weight is 317 g/mol. The summed E-state index contributed by atoms with van der Waals surface area (Å²) in [6.07, 6.45) is 0.805. The number of methoxy groups -OCH3 is 2. The number of nitrogens with one attached hydrogen (secondary N) is 1. The van der Waals surface area contributed by atoms with Gasteiger partial charge in [0.1, 0.15) is 5.75 Å². The fraction of sp³-hybridized carbons (Fsp3) is 0.278. The van der Waals surface area contributed by atoms with Crippen molar-refractivity contribution >= 4 is 5.91 Å². The Kier molecular flexibility index (Phi) is 5.97. The largest absolute Gasteiger partial charge is 0.496 e. The highest BCUT2D eigenvalue weighted by atomic mass is 19.1. The molecule has 122 valence electrons. The van der Waals surface area contributed by atoms with Gasteiger partial charge in [-0.2, -0.15) is 0 Å². The quantitative estimate of drug-likeness (QED) is 0.854. The molecule has 1 N–H and O–H groups in total. The maximum absolute atomic E-state index is 13.6. The number of hydrogen-bond acceptors (Lipinski definition) is 3. The third-order valence-electron chi connectivity index (χ3n) is 3.50. The van der Waals surface area contributed by atoms with Crippen molar-refractivity contribution in [3.63, 3.8) is 0 Å². The Morgan fingerprint density at radius 3 is 2.52 bits per heavy atom. The van der Waals surface area contributed by atoms with E-state index in [1.807, 2.05) is 24.3 Å². The molecule has 23 heavy (non-hydrogen) atoms. The van der Waals surface area contributed by atoms with Crippen LogP contribution in [0.5, 0.6) is 11.5 Å². The fourth-order valence-electron chi connectivity index (χ4n) is 2.30. The lowest BCUT2D eigenvalue weighted by atomic mass is 10.1. The summed E-state index contributed by atoms with van der Waals surface area (Å²) in [5, 5.41) is 2.83. The maximum atomic E-state index is 13.6. The normalized spacial score (nSPS) is 10.2. The minimum atomic E-state index is -0.398. The second-order valence-corrected chi connectivity index (χ2v) is 5.06. The van der Waals surface area contributed by atoms with E-state index < -0.39 is 5.82 Å². The van der Waals surface area contributed by atoms with Crippen LogP contribution in [0.1, 0.15) is 11.1 Å². The van der Waals surface area contributed by atoms with Gasteiger partial charge in [-0.1, -0.05) is 24.3 Å². The first kappa shape index (κ1) is 16.8. The highest BCUT2D eigenvalue weighted by molar-refractivity contribution is 5.79. The van der Waals surface area contributed by atoms with E-state index in [1.165, 1.54) is 13.2 Å². The van der Waals surface area contributed by atoms with Gasteiger partial charge in [-0.3, -0.25) is 4.79 Å². The number of benzene rings is 2. The molecule has 0 atom stereocenters. The molecule has 2 rings (SSSR count). The molecule has 0 aromatic heterocycles. The number of carbonyl (C=O) groups excluding carboxylic acids is 1. The first-order valence-electron chi connectivity index (χ1n) is 7.35. The van der Waals surface area contributed by atoms with Crippen LogP contribution in [0.3, 0.4) is 0 Å². The van der Waals surface area contributed by atoms with Crippen molar-refractivity contribution in [3.8, 4) is 11.5 Å². The van der Waals surface area contributed by atoms with E-state index in [2.05, 4.69) is 5.32 Å². The summed E-state index contributed by atoms with van der Waals surface area (Å²) in [4.78, 5) is 12.0. The Morgan fingerprint density at radius 1 is 1.09 bits per heavy atom. The molecule has 2 aromatic carbocycles. The summed E-state index contributed by atoms with van der Waals surface area (Å²) in [7, 11) is 3.01. The van der Waals surface area contributed by atoms with Crippen molar-refractivity contribution in [2.24, 2.45) is 0 Å². The predicted octanol–water partition coefficient (Wildman–Crippen LogP) is 2.74. The van der Waals surface area contributed by atoms with Gasteiger partial charge in [0.05, 0.1) is 20.6 Å². The minimum Gasteiger partial charge on any atom is -0.496 e. The molecule has 0 saturated heterocycles. The van der Waals surface area contributed by atoms with Crippen molar-refractivity contribution in [2.45, 2.75) is 12.8 Å². The maximum Gasteiger partial charge on any atom is 0.224 e. The highest BCUT2D eigenvalue weighted by Gasteiger charge is 2.08. The van der Waals surface area contributed by atoms with Crippen LogP contribution in [-0.2, 0) is 17.6 Å². The molecular formula is C18H20FNO3. The first-order chi connectivity index (χ1) is 11.1. The third kappa shape index (κ3) is 4.71.